The number of piperidine rings is 1. The van der Waals surface area contributed by atoms with Crippen LogP contribution in [0.2, 0.25) is 0 Å². The summed E-state index contributed by atoms with van der Waals surface area (Å²) in [6.45, 7) is 3.78. The fraction of sp³-hybridized carbons (Fsp3) is 0.438. The number of tetrazole rings is 1. The molecule has 3 heterocycles. The second kappa shape index (κ2) is 6.88. The van der Waals surface area contributed by atoms with Gasteiger partial charge in [0.1, 0.15) is 12.7 Å². The van der Waals surface area contributed by atoms with Crippen LogP contribution in [0.15, 0.2) is 43.0 Å². The van der Waals surface area contributed by atoms with Crippen LogP contribution in [-0.4, -0.2) is 53.0 Å². The fourth-order valence-corrected chi connectivity index (χ4v) is 3.31. The molecule has 2 aromatic heterocycles. The van der Waals surface area contributed by atoms with Crippen LogP contribution in [-0.2, 0) is 13.1 Å². The predicted molar refractivity (Wildman–Crippen MR) is 87.2 cm³/mol. The van der Waals surface area contributed by atoms with E-state index in [-0.39, 0.29) is 0 Å². The number of benzene rings is 1. The molecule has 4 rings (SSSR count). The van der Waals surface area contributed by atoms with Gasteiger partial charge in [0, 0.05) is 13.1 Å². The second-order valence-corrected chi connectivity index (χ2v) is 6.20. The number of hydrogen-bond acceptors (Lipinski definition) is 6. The summed E-state index contributed by atoms with van der Waals surface area (Å²) in [7, 11) is 0. The van der Waals surface area contributed by atoms with E-state index < -0.39 is 0 Å². The Morgan fingerprint density at radius 3 is 2.92 bits per heavy atom. The molecule has 8 nitrogen and oxygen atoms in total. The van der Waals surface area contributed by atoms with Crippen molar-refractivity contribution in [3.05, 3.63) is 48.8 Å². The molecule has 0 spiro atoms. The van der Waals surface area contributed by atoms with Gasteiger partial charge in [0.05, 0.1) is 12.2 Å². The van der Waals surface area contributed by atoms with Crippen molar-refractivity contribution in [2.75, 3.05) is 13.1 Å². The molecule has 0 N–H and O–H groups in total. The van der Waals surface area contributed by atoms with E-state index in [0.717, 1.165) is 37.7 Å². The molecule has 1 saturated heterocycles. The van der Waals surface area contributed by atoms with Crippen molar-refractivity contribution in [2.45, 2.75) is 25.9 Å². The summed E-state index contributed by atoms with van der Waals surface area (Å²) in [5.74, 6) is 1.46. The molecule has 1 atom stereocenters. The van der Waals surface area contributed by atoms with Gasteiger partial charge >= 0.3 is 0 Å². The first-order chi connectivity index (χ1) is 11.9. The number of para-hydroxylation sites is 1. The Hall–Kier alpha value is -2.61. The smallest absolute Gasteiger partial charge is 0.170 e. The van der Waals surface area contributed by atoms with Crippen molar-refractivity contribution in [1.82, 2.24) is 39.9 Å². The lowest BCUT2D eigenvalue weighted by molar-refractivity contribution is 0.149. The van der Waals surface area contributed by atoms with E-state index in [0.29, 0.717) is 5.92 Å². The maximum Gasteiger partial charge on any atom is 0.170 e. The highest BCUT2D eigenvalue weighted by atomic mass is 15.5. The molecule has 1 fully saturated rings. The van der Waals surface area contributed by atoms with Gasteiger partial charge < -0.3 is 0 Å². The average Bonchev–Trinajstić information content (AvgIpc) is 3.28. The van der Waals surface area contributed by atoms with Crippen LogP contribution in [0.5, 0.6) is 0 Å². The molecular weight excluding hydrogens is 304 g/mol. The zero-order valence-electron chi connectivity index (χ0n) is 13.4. The van der Waals surface area contributed by atoms with E-state index in [9.17, 15) is 0 Å². The maximum atomic E-state index is 4.22. The Bertz CT molecular complexity index is 752. The summed E-state index contributed by atoms with van der Waals surface area (Å²) < 4.78 is 3.74. The van der Waals surface area contributed by atoms with Gasteiger partial charge in [0.2, 0.25) is 0 Å². The monoisotopic (exact) mass is 324 g/mol. The van der Waals surface area contributed by atoms with Crippen molar-refractivity contribution < 1.29 is 0 Å². The molecule has 124 valence electrons. The summed E-state index contributed by atoms with van der Waals surface area (Å²) in [6.07, 6.45) is 5.79. The van der Waals surface area contributed by atoms with Gasteiger partial charge in [-0.3, -0.25) is 9.58 Å². The van der Waals surface area contributed by atoms with Crippen molar-refractivity contribution in [3.63, 3.8) is 0 Å². The first-order valence-electron chi connectivity index (χ1n) is 8.26. The van der Waals surface area contributed by atoms with Crippen LogP contribution < -0.4 is 0 Å². The summed E-state index contributed by atoms with van der Waals surface area (Å²) in [4.78, 5) is 6.45. The number of nitrogens with zero attached hydrogens (tertiary/aromatic N) is 8. The molecule has 8 heteroatoms. The second-order valence-electron chi connectivity index (χ2n) is 6.20. The molecule has 0 aliphatic carbocycles. The highest BCUT2D eigenvalue weighted by molar-refractivity contribution is 5.30. The highest BCUT2D eigenvalue weighted by Crippen LogP contribution is 2.20. The predicted octanol–water partition coefficient (Wildman–Crippen LogP) is 1.17. The lowest BCUT2D eigenvalue weighted by Crippen LogP contribution is -2.37. The Morgan fingerprint density at radius 1 is 1.17 bits per heavy atom. The third kappa shape index (κ3) is 3.33. The van der Waals surface area contributed by atoms with Gasteiger partial charge in [-0.1, -0.05) is 18.2 Å². The van der Waals surface area contributed by atoms with Crippen LogP contribution in [0.4, 0.5) is 0 Å². The molecule has 1 aliphatic heterocycles. The summed E-state index contributed by atoms with van der Waals surface area (Å²) >= 11 is 0. The molecular formula is C16H20N8. The van der Waals surface area contributed by atoms with Crippen LogP contribution in [0.25, 0.3) is 5.69 Å². The van der Waals surface area contributed by atoms with E-state index >= 15 is 0 Å². The van der Waals surface area contributed by atoms with Gasteiger partial charge in [-0.15, -0.1) is 5.10 Å². The largest absolute Gasteiger partial charge is 0.296 e. The molecule has 3 aromatic rings. The van der Waals surface area contributed by atoms with Crippen LogP contribution in [0, 0.1) is 5.92 Å². The van der Waals surface area contributed by atoms with E-state index in [2.05, 4.69) is 30.5 Å². The van der Waals surface area contributed by atoms with Gasteiger partial charge in [0.25, 0.3) is 0 Å². The molecule has 0 radical (unpaired) electrons. The van der Waals surface area contributed by atoms with Crippen molar-refractivity contribution >= 4 is 0 Å². The SMILES string of the molecule is c1ccc(-n2nnnc2CN2CCC[C@@H](Cn3cncn3)C2)cc1. The van der Waals surface area contributed by atoms with Gasteiger partial charge in [0.15, 0.2) is 5.82 Å². The van der Waals surface area contributed by atoms with Crippen molar-refractivity contribution in [3.8, 4) is 5.69 Å². The summed E-state index contributed by atoms with van der Waals surface area (Å²) in [5.41, 5.74) is 0.994. The molecule has 1 aliphatic rings. The van der Waals surface area contributed by atoms with Crippen LogP contribution in [0.3, 0.4) is 0 Å². The Morgan fingerprint density at radius 2 is 2.08 bits per heavy atom. The summed E-state index contributed by atoms with van der Waals surface area (Å²) in [6, 6.07) is 10.0. The van der Waals surface area contributed by atoms with Crippen LogP contribution >= 0.6 is 0 Å². The van der Waals surface area contributed by atoms with Crippen molar-refractivity contribution in [2.24, 2.45) is 5.92 Å². The standard InChI is InChI=1S/C16H20N8/c1-2-6-15(7-3-1)24-16(19-20-21-24)11-22-8-4-5-14(9-22)10-23-13-17-12-18-23/h1-3,6-7,12-14H,4-5,8-11H2/t14-/m1/s1. The van der Waals surface area contributed by atoms with Crippen LogP contribution in [0.1, 0.15) is 18.7 Å². The molecule has 0 amide bonds. The quantitative estimate of drug-likeness (QED) is 0.701. The lowest BCUT2D eigenvalue weighted by Gasteiger charge is -2.32. The number of rotatable bonds is 5. The molecule has 0 bridgehead atoms. The Kier molecular flexibility index (Phi) is 4.28. The molecule has 1 aromatic carbocycles. The number of likely N-dealkylation sites (tertiary alicyclic amines) is 1. The van der Waals surface area contributed by atoms with Gasteiger partial charge in [-0.25, -0.2) is 4.98 Å². The molecule has 0 saturated carbocycles. The van der Waals surface area contributed by atoms with E-state index in [1.54, 1.807) is 12.7 Å². The van der Waals surface area contributed by atoms with Gasteiger partial charge in [-0.2, -0.15) is 9.78 Å². The fourth-order valence-electron chi connectivity index (χ4n) is 3.31. The van der Waals surface area contributed by atoms with Gasteiger partial charge in [-0.05, 0) is 47.9 Å². The Balaban J connectivity index is 1.43. The first kappa shape index (κ1) is 14.9. The topological polar surface area (TPSA) is 77.5 Å². The first-order valence-corrected chi connectivity index (χ1v) is 8.26. The van der Waals surface area contributed by atoms with E-state index in [4.69, 9.17) is 0 Å². The molecule has 24 heavy (non-hydrogen) atoms. The molecule has 0 unspecified atom stereocenters. The van der Waals surface area contributed by atoms with E-state index in [1.807, 2.05) is 39.7 Å². The zero-order chi connectivity index (χ0) is 16.2. The minimum atomic E-state index is 0.585. The zero-order valence-corrected chi connectivity index (χ0v) is 13.4. The normalized spacial score (nSPS) is 18.8. The lowest BCUT2D eigenvalue weighted by atomic mass is 9.98. The third-order valence-electron chi connectivity index (χ3n) is 4.41. The highest BCUT2D eigenvalue weighted by Gasteiger charge is 2.22. The number of hydrogen-bond donors (Lipinski definition) is 0. The third-order valence-corrected chi connectivity index (χ3v) is 4.41. The Labute approximate surface area is 140 Å². The maximum absolute atomic E-state index is 4.22. The van der Waals surface area contributed by atoms with Crippen molar-refractivity contribution in [1.29, 1.82) is 0 Å². The minimum Gasteiger partial charge on any atom is -0.296 e. The minimum absolute atomic E-state index is 0.585. The summed E-state index contributed by atoms with van der Waals surface area (Å²) in [5, 5.41) is 16.4. The average molecular weight is 324 g/mol. The van der Waals surface area contributed by atoms with E-state index in [1.165, 1.54) is 12.8 Å². The number of aromatic nitrogens is 7.